The molecular weight excluding hydrogens is 204 g/mol. The van der Waals surface area contributed by atoms with Gasteiger partial charge in [-0.1, -0.05) is 11.6 Å². The van der Waals surface area contributed by atoms with Crippen molar-refractivity contribution in [2.24, 2.45) is 0 Å². The first kappa shape index (κ1) is 12.4. The van der Waals surface area contributed by atoms with Gasteiger partial charge in [-0.15, -0.1) is 0 Å². The molecule has 0 fully saturated rings. The summed E-state index contributed by atoms with van der Waals surface area (Å²) in [5, 5.41) is 8.58. The van der Waals surface area contributed by atoms with Gasteiger partial charge in [-0.05, 0) is 26.1 Å². The van der Waals surface area contributed by atoms with E-state index in [4.69, 9.17) is 5.11 Å². The van der Waals surface area contributed by atoms with Crippen molar-refractivity contribution in [3.63, 3.8) is 0 Å². The number of carboxylic acid groups (broad SMARTS) is 1. The number of hydrogen-bond donors (Lipinski definition) is 1. The van der Waals surface area contributed by atoms with E-state index in [1.165, 1.54) is 6.08 Å². The highest BCUT2D eigenvalue weighted by Gasteiger charge is 2.02. The summed E-state index contributed by atoms with van der Waals surface area (Å²) in [6.07, 6.45) is 2.98. The van der Waals surface area contributed by atoms with E-state index in [0.29, 0.717) is 13.1 Å². The molecular formula is C12H16N2O2. The van der Waals surface area contributed by atoms with Gasteiger partial charge < -0.3 is 5.11 Å². The summed E-state index contributed by atoms with van der Waals surface area (Å²) in [7, 11) is 1.94. The molecule has 0 unspecified atom stereocenters. The van der Waals surface area contributed by atoms with E-state index in [1.54, 1.807) is 6.20 Å². The third-order valence-electron chi connectivity index (χ3n) is 2.05. The van der Waals surface area contributed by atoms with Crippen LogP contribution in [0.4, 0.5) is 0 Å². The van der Waals surface area contributed by atoms with Crippen LogP contribution < -0.4 is 0 Å². The normalized spacial score (nSPS) is 11.8. The Morgan fingerprint density at radius 1 is 1.56 bits per heavy atom. The van der Waals surface area contributed by atoms with Gasteiger partial charge in [-0.3, -0.25) is 9.88 Å². The number of aliphatic carboxylic acids is 1. The summed E-state index contributed by atoms with van der Waals surface area (Å²) >= 11 is 0. The SMILES string of the molecule is CC(=CC(=O)O)CN(C)Cc1ccccn1. The van der Waals surface area contributed by atoms with Crippen molar-refractivity contribution in [1.82, 2.24) is 9.88 Å². The van der Waals surface area contributed by atoms with Crippen LogP contribution >= 0.6 is 0 Å². The number of pyridine rings is 1. The Hall–Kier alpha value is -1.68. The zero-order chi connectivity index (χ0) is 12.0. The standard InChI is InChI=1S/C12H16N2O2/c1-10(7-12(15)16)8-14(2)9-11-5-3-4-6-13-11/h3-7H,8-9H2,1-2H3,(H,15,16). The van der Waals surface area contributed by atoms with Crippen molar-refractivity contribution < 1.29 is 9.90 Å². The first-order valence-corrected chi connectivity index (χ1v) is 5.06. The molecule has 4 heteroatoms. The van der Waals surface area contributed by atoms with Crippen LogP contribution in [0.1, 0.15) is 12.6 Å². The van der Waals surface area contributed by atoms with E-state index in [1.807, 2.05) is 37.1 Å². The summed E-state index contributed by atoms with van der Waals surface area (Å²) in [6, 6.07) is 5.77. The maximum atomic E-state index is 10.4. The summed E-state index contributed by atoms with van der Waals surface area (Å²) in [6.45, 7) is 3.15. The summed E-state index contributed by atoms with van der Waals surface area (Å²) in [5.41, 5.74) is 1.80. The lowest BCUT2D eigenvalue weighted by Crippen LogP contribution is -2.20. The highest BCUT2D eigenvalue weighted by molar-refractivity contribution is 5.80. The van der Waals surface area contributed by atoms with E-state index < -0.39 is 5.97 Å². The predicted molar refractivity (Wildman–Crippen MR) is 62.0 cm³/mol. The molecule has 1 N–H and O–H groups in total. The van der Waals surface area contributed by atoms with Crippen LogP contribution in [0.2, 0.25) is 0 Å². The molecule has 0 aliphatic rings. The molecule has 0 bridgehead atoms. The number of aromatic nitrogens is 1. The van der Waals surface area contributed by atoms with Crippen LogP contribution in [0.25, 0.3) is 0 Å². The van der Waals surface area contributed by atoms with Crippen molar-refractivity contribution in [2.75, 3.05) is 13.6 Å². The molecule has 1 heterocycles. The number of rotatable bonds is 5. The first-order chi connectivity index (χ1) is 7.58. The predicted octanol–water partition coefficient (Wildman–Crippen LogP) is 1.54. The van der Waals surface area contributed by atoms with Gasteiger partial charge in [0.05, 0.1) is 5.69 Å². The highest BCUT2D eigenvalue weighted by atomic mass is 16.4. The maximum Gasteiger partial charge on any atom is 0.328 e. The fourth-order valence-electron chi connectivity index (χ4n) is 1.51. The van der Waals surface area contributed by atoms with Gasteiger partial charge in [-0.2, -0.15) is 0 Å². The molecule has 86 valence electrons. The van der Waals surface area contributed by atoms with E-state index in [-0.39, 0.29) is 0 Å². The number of likely N-dealkylation sites (N-methyl/N-ethyl adjacent to an activating group) is 1. The summed E-state index contributed by atoms with van der Waals surface area (Å²) in [4.78, 5) is 16.7. The van der Waals surface area contributed by atoms with Crippen molar-refractivity contribution >= 4 is 5.97 Å². The molecule has 0 amide bonds. The Balaban J connectivity index is 2.48. The fraction of sp³-hybridized carbons (Fsp3) is 0.333. The second-order valence-electron chi connectivity index (χ2n) is 3.82. The molecule has 0 saturated heterocycles. The molecule has 0 aromatic carbocycles. The van der Waals surface area contributed by atoms with Crippen molar-refractivity contribution in [3.8, 4) is 0 Å². The van der Waals surface area contributed by atoms with Gasteiger partial charge >= 0.3 is 5.97 Å². The van der Waals surface area contributed by atoms with Crippen LogP contribution in [0, 0.1) is 0 Å². The molecule has 4 nitrogen and oxygen atoms in total. The maximum absolute atomic E-state index is 10.4. The summed E-state index contributed by atoms with van der Waals surface area (Å²) in [5.74, 6) is -0.899. The van der Waals surface area contributed by atoms with Crippen LogP contribution in [0.3, 0.4) is 0 Å². The Morgan fingerprint density at radius 2 is 2.31 bits per heavy atom. The van der Waals surface area contributed by atoms with E-state index in [2.05, 4.69) is 4.98 Å². The summed E-state index contributed by atoms with van der Waals surface area (Å²) < 4.78 is 0. The van der Waals surface area contributed by atoms with Gasteiger partial charge in [-0.25, -0.2) is 4.79 Å². The molecule has 1 rings (SSSR count). The monoisotopic (exact) mass is 220 g/mol. The number of carbonyl (C=O) groups is 1. The lowest BCUT2D eigenvalue weighted by atomic mass is 10.2. The van der Waals surface area contributed by atoms with Crippen molar-refractivity contribution in [3.05, 3.63) is 41.7 Å². The van der Waals surface area contributed by atoms with Crippen LogP contribution in [0.5, 0.6) is 0 Å². The molecule has 0 aliphatic heterocycles. The van der Waals surface area contributed by atoms with Gasteiger partial charge in [0.1, 0.15) is 0 Å². The largest absolute Gasteiger partial charge is 0.478 e. The molecule has 0 atom stereocenters. The molecule has 16 heavy (non-hydrogen) atoms. The molecule has 1 aromatic heterocycles. The molecule has 0 radical (unpaired) electrons. The zero-order valence-corrected chi connectivity index (χ0v) is 9.55. The van der Waals surface area contributed by atoms with Gasteiger partial charge in [0.25, 0.3) is 0 Å². The van der Waals surface area contributed by atoms with Crippen LogP contribution in [0.15, 0.2) is 36.0 Å². The van der Waals surface area contributed by atoms with Gasteiger partial charge in [0.2, 0.25) is 0 Å². The topological polar surface area (TPSA) is 53.4 Å². The minimum atomic E-state index is -0.899. The smallest absolute Gasteiger partial charge is 0.328 e. The van der Waals surface area contributed by atoms with Gasteiger partial charge in [0.15, 0.2) is 0 Å². The Labute approximate surface area is 95.2 Å². The average molecular weight is 220 g/mol. The van der Waals surface area contributed by atoms with Crippen molar-refractivity contribution in [2.45, 2.75) is 13.5 Å². The first-order valence-electron chi connectivity index (χ1n) is 5.06. The van der Waals surface area contributed by atoms with E-state index in [0.717, 1.165) is 11.3 Å². The van der Waals surface area contributed by atoms with Crippen LogP contribution in [-0.2, 0) is 11.3 Å². The number of nitrogens with zero attached hydrogens (tertiary/aromatic N) is 2. The second kappa shape index (κ2) is 6.02. The molecule has 1 aromatic rings. The Bertz CT molecular complexity index is 374. The minimum Gasteiger partial charge on any atom is -0.478 e. The minimum absolute atomic E-state index is 0.628. The van der Waals surface area contributed by atoms with Gasteiger partial charge in [0, 0.05) is 25.4 Å². The molecule has 0 aliphatic carbocycles. The van der Waals surface area contributed by atoms with Crippen LogP contribution in [-0.4, -0.2) is 34.6 Å². The van der Waals surface area contributed by atoms with E-state index in [9.17, 15) is 4.79 Å². The molecule has 0 saturated carbocycles. The quantitative estimate of drug-likeness (QED) is 0.765. The number of hydrogen-bond acceptors (Lipinski definition) is 3. The fourth-order valence-corrected chi connectivity index (χ4v) is 1.51. The number of carboxylic acids is 1. The third kappa shape index (κ3) is 4.70. The molecule has 0 spiro atoms. The Kier molecular flexibility index (Phi) is 4.66. The third-order valence-corrected chi connectivity index (χ3v) is 2.05. The lowest BCUT2D eigenvalue weighted by molar-refractivity contribution is -0.131. The highest BCUT2D eigenvalue weighted by Crippen LogP contribution is 2.02. The zero-order valence-electron chi connectivity index (χ0n) is 9.55. The second-order valence-corrected chi connectivity index (χ2v) is 3.82. The average Bonchev–Trinajstić information content (AvgIpc) is 2.17. The van der Waals surface area contributed by atoms with Crippen molar-refractivity contribution in [1.29, 1.82) is 0 Å². The van der Waals surface area contributed by atoms with E-state index >= 15 is 0 Å². The Morgan fingerprint density at radius 3 is 2.88 bits per heavy atom. The lowest BCUT2D eigenvalue weighted by Gasteiger charge is -2.15.